The Kier molecular flexibility index (Phi) is 7.02. The Morgan fingerprint density at radius 2 is 1.73 bits per heavy atom. The monoisotopic (exact) mass is 535 g/mol. The van der Waals surface area contributed by atoms with Crippen LogP contribution in [0.2, 0.25) is 0 Å². The lowest BCUT2D eigenvalue weighted by atomic mass is 10.0. The molecule has 3 aliphatic heterocycles. The Balaban J connectivity index is 0.000000405. The number of hydrogen-bond acceptors (Lipinski definition) is 6. The number of rotatable bonds is 3. The molecule has 37 heavy (non-hydrogen) atoms. The number of aliphatic carboxylic acids is 2. The largest absolute Gasteiger partial charge is 0.490 e. The molecule has 0 unspecified atom stereocenters. The highest BCUT2D eigenvalue weighted by Crippen LogP contribution is 2.40. The Bertz CT molecular complexity index is 1370. The number of β-lactam (4-membered cyclic amide) rings is 1. The fourth-order valence-electron chi connectivity index (χ4n) is 4.20. The number of carboxylic acids is 2. The maximum atomic E-state index is 13.0. The third-order valence-electron chi connectivity index (χ3n) is 6.00. The third kappa shape index (κ3) is 5.04. The van der Waals surface area contributed by atoms with Crippen LogP contribution in [0.25, 0.3) is 10.8 Å². The summed E-state index contributed by atoms with van der Waals surface area (Å²) in [5, 5.41) is 18.6. The fourth-order valence-corrected chi connectivity index (χ4v) is 5.45. The summed E-state index contributed by atoms with van der Waals surface area (Å²) in [6, 6.07) is 13.2. The zero-order valence-corrected chi connectivity index (χ0v) is 19.8. The number of hydrogen-bond donors (Lipinski definition) is 3. The van der Waals surface area contributed by atoms with Gasteiger partial charge >= 0.3 is 18.1 Å². The van der Waals surface area contributed by atoms with E-state index >= 15 is 0 Å². The lowest BCUT2D eigenvalue weighted by Crippen LogP contribution is -2.68. The molecule has 194 valence electrons. The van der Waals surface area contributed by atoms with Crippen molar-refractivity contribution in [1.29, 1.82) is 0 Å². The minimum atomic E-state index is -5.08. The van der Waals surface area contributed by atoms with Crippen LogP contribution < -0.4 is 10.6 Å². The molecule has 0 aliphatic carbocycles. The van der Waals surface area contributed by atoms with Crippen molar-refractivity contribution in [2.75, 3.05) is 17.2 Å². The van der Waals surface area contributed by atoms with Gasteiger partial charge in [0.05, 0.1) is 0 Å². The summed E-state index contributed by atoms with van der Waals surface area (Å²) in [6.45, 7) is 0.530. The smallest absolute Gasteiger partial charge is 0.477 e. The standard InChI is InChI=1S/C22H19N3O4S.C2HF3O2/c23-17-20(27)25-18(22(28)29)15(11-30-21(17)25)9-14-7-8-24(19(14)26)16-6-5-12-3-1-2-4-13(12)10-16;3-2(4,5)1(6)7/h1-6,9-10,17,21H,7-8,11,23H2,(H,28,29);(H,6,7)/b14-9+;/t17-,21-;/m1./s1. The Morgan fingerprint density at radius 1 is 1.08 bits per heavy atom. The molecule has 0 spiro atoms. The summed E-state index contributed by atoms with van der Waals surface area (Å²) in [5.41, 5.74) is 7.57. The number of carboxylic acid groups (broad SMARTS) is 2. The average molecular weight is 536 g/mol. The van der Waals surface area contributed by atoms with Gasteiger partial charge in [-0.1, -0.05) is 30.3 Å². The minimum Gasteiger partial charge on any atom is -0.477 e. The number of benzene rings is 2. The lowest BCUT2D eigenvalue weighted by molar-refractivity contribution is -0.192. The van der Waals surface area contributed by atoms with E-state index in [4.69, 9.17) is 15.6 Å². The van der Waals surface area contributed by atoms with Crippen molar-refractivity contribution in [2.45, 2.75) is 24.0 Å². The van der Waals surface area contributed by atoms with Gasteiger partial charge in [-0.2, -0.15) is 13.2 Å². The summed E-state index contributed by atoms with van der Waals surface area (Å²) in [7, 11) is 0. The molecular formula is C24H20F3N3O6S. The van der Waals surface area contributed by atoms with Crippen LogP contribution in [0.4, 0.5) is 18.9 Å². The van der Waals surface area contributed by atoms with Crippen molar-refractivity contribution < 1.29 is 42.6 Å². The van der Waals surface area contributed by atoms with Gasteiger partial charge in [0.25, 0.3) is 5.91 Å². The molecule has 2 aromatic carbocycles. The van der Waals surface area contributed by atoms with Crippen LogP contribution in [0, 0.1) is 0 Å². The van der Waals surface area contributed by atoms with E-state index in [9.17, 15) is 32.7 Å². The van der Waals surface area contributed by atoms with E-state index in [2.05, 4.69) is 0 Å². The second-order valence-electron chi connectivity index (χ2n) is 8.33. The zero-order valence-electron chi connectivity index (χ0n) is 18.9. The van der Waals surface area contributed by atoms with Gasteiger partial charge < -0.3 is 20.8 Å². The summed E-state index contributed by atoms with van der Waals surface area (Å²) < 4.78 is 31.7. The Labute approximate surface area is 212 Å². The molecule has 5 rings (SSSR count). The van der Waals surface area contributed by atoms with Gasteiger partial charge in [-0.15, -0.1) is 11.8 Å². The van der Waals surface area contributed by atoms with Gasteiger partial charge in [-0.3, -0.25) is 14.5 Å². The number of anilines is 1. The molecule has 0 aromatic heterocycles. The van der Waals surface area contributed by atoms with Crippen molar-refractivity contribution in [3.63, 3.8) is 0 Å². The number of carbonyl (C=O) groups is 4. The van der Waals surface area contributed by atoms with E-state index in [1.165, 1.54) is 16.7 Å². The Hall–Kier alpha value is -3.84. The molecule has 3 aliphatic rings. The molecule has 2 aromatic rings. The predicted octanol–water partition coefficient (Wildman–Crippen LogP) is 2.72. The van der Waals surface area contributed by atoms with Crippen LogP contribution in [-0.4, -0.2) is 68.8 Å². The molecular weight excluding hydrogens is 515 g/mol. The van der Waals surface area contributed by atoms with E-state index in [0.717, 1.165) is 16.5 Å². The highest BCUT2D eigenvalue weighted by atomic mass is 32.2. The molecule has 4 N–H and O–H groups in total. The molecule has 13 heteroatoms. The molecule has 2 atom stereocenters. The van der Waals surface area contributed by atoms with E-state index in [1.807, 2.05) is 42.5 Å². The SMILES string of the molecule is N[C@@H]1C(=O)N2C(C(=O)O)=C(/C=C3\CCN(c4ccc5ccccc5c4)C3=O)CS[C@H]12.O=C(O)C(F)(F)F. The third-order valence-corrected chi connectivity index (χ3v) is 7.33. The normalized spacial score (nSPS) is 22.5. The van der Waals surface area contributed by atoms with Gasteiger partial charge in [-0.05, 0) is 41.0 Å². The molecule has 9 nitrogen and oxygen atoms in total. The summed E-state index contributed by atoms with van der Waals surface area (Å²) >= 11 is 1.43. The predicted molar refractivity (Wildman–Crippen MR) is 128 cm³/mol. The van der Waals surface area contributed by atoms with Crippen LogP contribution in [0.15, 0.2) is 65.4 Å². The van der Waals surface area contributed by atoms with Crippen LogP contribution in [0.1, 0.15) is 6.42 Å². The number of amides is 2. The topological polar surface area (TPSA) is 141 Å². The van der Waals surface area contributed by atoms with Crippen molar-refractivity contribution in [3.8, 4) is 0 Å². The van der Waals surface area contributed by atoms with Crippen molar-refractivity contribution >= 4 is 52.0 Å². The first-order valence-electron chi connectivity index (χ1n) is 10.9. The van der Waals surface area contributed by atoms with Crippen LogP contribution >= 0.6 is 11.8 Å². The molecule has 0 bridgehead atoms. The first-order valence-corrected chi connectivity index (χ1v) is 11.9. The van der Waals surface area contributed by atoms with Crippen molar-refractivity contribution in [2.24, 2.45) is 5.73 Å². The lowest BCUT2D eigenvalue weighted by Gasteiger charge is -2.47. The van der Waals surface area contributed by atoms with Crippen LogP contribution in [0.5, 0.6) is 0 Å². The molecule has 0 saturated carbocycles. The number of thioether (sulfide) groups is 1. The number of allylic oxidation sites excluding steroid dienone is 1. The molecule has 3 heterocycles. The first kappa shape index (κ1) is 26.2. The van der Waals surface area contributed by atoms with E-state index in [0.29, 0.717) is 29.9 Å². The summed E-state index contributed by atoms with van der Waals surface area (Å²) in [5.74, 6) is -4.06. The van der Waals surface area contributed by atoms with Gasteiger partial charge in [-0.25, -0.2) is 9.59 Å². The number of carbonyl (C=O) groups excluding carboxylic acids is 2. The number of alkyl halides is 3. The second kappa shape index (κ2) is 9.90. The first-order chi connectivity index (χ1) is 17.4. The second-order valence-corrected chi connectivity index (χ2v) is 9.43. The quantitative estimate of drug-likeness (QED) is 0.403. The molecule has 2 saturated heterocycles. The number of halogens is 3. The van der Waals surface area contributed by atoms with E-state index in [1.54, 1.807) is 11.0 Å². The van der Waals surface area contributed by atoms with Crippen LogP contribution in [0.3, 0.4) is 0 Å². The summed E-state index contributed by atoms with van der Waals surface area (Å²) in [6.07, 6.45) is -2.92. The number of nitrogens with zero attached hydrogens (tertiary/aromatic N) is 2. The number of nitrogens with two attached hydrogens (primary N) is 1. The Morgan fingerprint density at radius 3 is 2.35 bits per heavy atom. The van der Waals surface area contributed by atoms with Gasteiger partial charge in [0.2, 0.25) is 5.91 Å². The van der Waals surface area contributed by atoms with Gasteiger partial charge in [0.1, 0.15) is 17.1 Å². The molecule has 2 amide bonds. The maximum absolute atomic E-state index is 13.0. The molecule has 2 fully saturated rings. The van der Waals surface area contributed by atoms with E-state index < -0.39 is 30.1 Å². The fraction of sp³-hybridized carbons (Fsp3) is 0.250. The van der Waals surface area contributed by atoms with E-state index in [-0.39, 0.29) is 17.0 Å². The molecule has 0 radical (unpaired) electrons. The summed E-state index contributed by atoms with van der Waals surface area (Å²) in [4.78, 5) is 48.8. The van der Waals surface area contributed by atoms with Crippen molar-refractivity contribution in [3.05, 3.63) is 65.4 Å². The van der Waals surface area contributed by atoms with Crippen molar-refractivity contribution in [1.82, 2.24) is 4.90 Å². The van der Waals surface area contributed by atoms with Gasteiger partial charge in [0, 0.05) is 23.6 Å². The highest BCUT2D eigenvalue weighted by Gasteiger charge is 2.51. The number of fused-ring (bicyclic) bond motifs is 2. The average Bonchev–Trinajstić information content (AvgIpc) is 3.22. The minimum absolute atomic E-state index is 0.0603. The van der Waals surface area contributed by atoms with Gasteiger partial charge in [0.15, 0.2) is 0 Å². The zero-order chi connectivity index (χ0) is 27.1. The maximum Gasteiger partial charge on any atom is 0.490 e. The van der Waals surface area contributed by atoms with Crippen LogP contribution in [-0.2, 0) is 19.2 Å². The highest BCUT2D eigenvalue weighted by molar-refractivity contribution is 8.00.